The quantitative estimate of drug-likeness (QED) is 0.631. The smallest absolute Gasteiger partial charge is 0.396 e. The third-order valence-electron chi connectivity index (χ3n) is 1.63. The maximum atomic E-state index is 11.7. The molecule has 0 saturated heterocycles. The molecule has 0 fully saturated rings. The summed E-state index contributed by atoms with van der Waals surface area (Å²) in [5, 5.41) is 8.81. The maximum absolute atomic E-state index is 11.7. The molecule has 0 amide bonds. The normalized spacial score (nSPS) is 14.1. The standard InChI is InChI=1S/C7H15F3N2O3S/c1-6(2,5-13)3-11-16(14,15)12-4-7(8,9)10/h11-13H,3-5H2,1-2H3. The first kappa shape index (κ1) is 15.6. The van der Waals surface area contributed by atoms with Crippen LogP contribution in [0.5, 0.6) is 0 Å². The first-order valence-corrected chi connectivity index (χ1v) is 5.88. The summed E-state index contributed by atoms with van der Waals surface area (Å²) in [6, 6.07) is 0. The van der Waals surface area contributed by atoms with Gasteiger partial charge in [-0.3, -0.25) is 0 Å². The highest BCUT2D eigenvalue weighted by Gasteiger charge is 2.30. The molecule has 0 bridgehead atoms. The number of hydrogen-bond acceptors (Lipinski definition) is 3. The van der Waals surface area contributed by atoms with E-state index in [0.29, 0.717) is 0 Å². The Hall–Kier alpha value is -0.380. The van der Waals surface area contributed by atoms with Gasteiger partial charge in [0.15, 0.2) is 0 Å². The number of aliphatic hydroxyl groups excluding tert-OH is 1. The lowest BCUT2D eigenvalue weighted by Crippen LogP contribution is -2.45. The van der Waals surface area contributed by atoms with E-state index < -0.39 is 28.3 Å². The summed E-state index contributed by atoms with van der Waals surface area (Å²) in [7, 11) is -4.19. The fraction of sp³-hybridized carbons (Fsp3) is 1.00. The van der Waals surface area contributed by atoms with Crippen LogP contribution in [0.3, 0.4) is 0 Å². The number of aliphatic hydroxyl groups is 1. The molecule has 0 aromatic rings. The molecule has 5 nitrogen and oxygen atoms in total. The topological polar surface area (TPSA) is 78.4 Å². The van der Waals surface area contributed by atoms with Crippen LogP contribution in [0.2, 0.25) is 0 Å². The van der Waals surface area contributed by atoms with Crippen molar-refractivity contribution >= 4 is 10.2 Å². The predicted molar refractivity (Wildman–Crippen MR) is 51.8 cm³/mol. The summed E-state index contributed by atoms with van der Waals surface area (Å²) >= 11 is 0. The summed E-state index contributed by atoms with van der Waals surface area (Å²) in [4.78, 5) is 0. The van der Waals surface area contributed by atoms with Crippen molar-refractivity contribution in [1.82, 2.24) is 9.44 Å². The zero-order valence-corrected chi connectivity index (χ0v) is 9.74. The van der Waals surface area contributed by atoms with Gasteiger partial charge in [-0.15, -0.1) is 0 Å². The van der Waals surface area contributed by atoms with Crippen molar-refractivity contribution in [3.63, 3.8) is 0 Å². The molecule has 0 aliphatic carbocycles. The van der Waals surface area contributed by atoms with E-state index in [4.69, 9.17) is 5.11 Å². The van der Waals surface area contributed by atoms with Crippen molar-refractivity contribution < 1.29 is 26.7 Å². The molecule has 0 aliphatic heterocycles. The summed E-state index contributed by atoms with van der Waals surface area (Å²) in [6.45, 7) is 1.08. The van der Waals surface area contributed by atoms with Crippen molar-refractivity contribution in [2.24, 2.45) is 5.41 Å². The molecule has 0 aromatic heterocycles. The van der Waals surface area contributed by atoms with E-state index >= 15 is 0 Å². The van der Waals surface area contributed by atoms with Gasteiger partial charge in [-0.25, -0.2) is 4.72 Å². The van der Waals surface area contributed by atoms with E-state index in [1.807, 2.05) is 4.72 Å². The Morgan fingerprint density at radius 2 is 1.56 bits per heavy atom. The van der Waals surface area contributed by atoms with Crippen molar-refractivity contribution in [1.29, 1.82) is 0 Å². The molecular weight excluding hydrogens is 249 g/mol. The highest BCUT2D eigenvalue weighted by atomic mass is 32.2. The number of halogens is 3. The molecule has 0 heterocycles. The largest absolute Gasteiger partial charge is 0.402 e. The van der Waals surface area contributed by atoms with Gasteiger partial charge in [-0.2, -0.15) is 26.3 Å². The Morgan fingerprint density at radius 3 is 1.94 bits per heavy atom. The first-order chi connectivity index (χ1) is 6.97. The van der Waals surface area contributed by atoms with Crippen molar-refractivity contribution in [2.75, 3.05) is 19.7 Å². The summed E-state index contributed by atoms with van der Waals surface area (Å²) < 4.78 is 60.5. The highest BCUT2D eigenvalue weighted by molar-refractivity contribution is 7.87. The van der Waals surface area contributed by atoms with E-state index in [1.165, 1.54) is 4.72 Å². The van der Waals surface area contributed by atoms with Gasteiger partial charge in [0.05, 0.1) is 0 Å². The second-order valence-electron chi connectivity index (χ2n) is 4.08. The van der Waals surface area contributed by atoms with E-state index in [1.54, 1.807) is 13.8 Å². The van der Waals surface area contributed by atoms with Gasteiger partial charge in [-0.05, 0) is 0 Å². The molecule has 0 radical (unpaired) electrons. The molecule has 0 spiro atoms. The molecule has 16 heavy (non-hydrogen) atoms. The average Bonchev–Trinajstić information content (AvgIpc) is 2.12. The first-order valence-electron chi connectivity index (χ1n) is 4.39. The van der Waals surface area contributed by atoms with Crippen molar-refractivity contribution in [3.05, 3.63) is 0 Å². The fourth-order valence-corrected chi connectivity index (χ4v) is 1.61. The summed E-state index contributed by atoms with van der Waals surface area (Å²) in [5.41, 5.74) is -0.729. The fourth-order valence-electron chi connectivity index (χ4n) is 0.574. The molecule has 9 heteroatoms. The molecule has 0 aromatic carbocycles. The average molecular weight is 264 g/mol. The van der Waals surface area contributed by atoms with Crippen molar-refractivity contribution in [2.45, 2.75) is 20.0 Å². The molecule has 0 unspecified atom stereocenters. The molecule has 0 rings (SSSR count). The highest BCUT2D eigenvalue weighted by Crippen LogP contribution is 2.13. The van der Waals surface area contributed by atoms with Crippen LogP contribution in [-0.4, -0.2) is 39.4 Å². The lowest BCUT2D eigenvalue weighted by atomic mass is 9.96. The van der Waals surface area contributed by atoms with E-state index in [2.05, 4.69) is 0 Å². The molecule has 0 aliphatic rings. The maximum Gasteiger partial charge on any atom is 0.402 e. The minimum Gasteiger partial charge on any atom is -0.396 e. The second kappa shape index (κ2) is 5.30. The van der Waals surface area contributed by atoms with Crippen LogP contribution in [0, 0.1) is 5.41 Å². The predicted octanol–water partition coefficient (Wildman–Crippen LogP) is -0.00880. The van der Waals surface area contributed by atoms with Gasteiger partial charge in [0, 0.05) is 18.6 Å². The Bertz CT molecular complexity index is 313. The van der Waals surface area contributed by atoms with E-state index in [0.717, 1.165) is 0 Å². The molecular formula is C7H15F3N2O3S. The minimum absolute atomic E-state index is 0.156. The van der Waals surface area contributed by atoms with Crippen LogP contribution in [0.25, 0.3) is 0 Å². The Labute approximate surface area is 92.2 Å². The summed E-state index contributed by atoms with van der Waals surface area (Å²) in [6.07, 6.45) is -4.60. The van der Waals surface area contributed by atoms with Gasteiger partial charge in [0.1, 0.15) is 6.54 Å². The Kier molecular flexibility index (Phi) is 5.17. The SMILES string of the molecule is CC(C)(CO)CNS(=O)(=O)NCC(F)(F)F. The molecule has 0 atom stereocenters. The van der Waals surface area contributed by atoms with Gasteiger partial charge >= 0.3 is 6.18 Å². The van der Waals surface area contributed by atoms with Crippen LogP contribution in [0.1, 0.15) is 13.8 Å². The second-order valence-corrected chi connectivity index (χ2v) is 5.67. The van der Waals surface area contributed by atoms with Crippen LogP contribution >= 0.6 is 0 Å². The molecule has 3 N–H and O–H groups in total. The van der Waals surface area contributed by atoms with Crippen LogP contribution in [0.15, 0.2) is 0 Å². The van der Waals surface area contributed by atoms with Crippen LogP contribution in [0.4, 0.5) is 13.2 Å². The number of hydrogen-bond donors (Lipinski definition) is 3. The summed E-state index contributed by atoms with van der Waals surface area (Å²) in [5.74, 6) is 0. The lowest BCUT2D eigenvalue weighted by Gasteiger charge is -2.21. The van der Waals surface area contributed by atoms with Crippen molar-refractivity contribution in [3.8, 4) is 0 Å². The minimum atomic E-state index is -4.60. The Balaban J connectivity index is 4.18. The number of nitrogens with one attached hydrogen (secondary N) is 2. The van der Waals surface area contributed by atoms with E-state index in [-0.39, 0.29) is 13.2 Å². The van der Waals surface area contributed by atoms with Gasteiger partial charge < -0.3 is 5.11 Å². The molecule has 98 valence electrons. The van der Waals surface area contributed by atoms with Gasteiger partial charge in [0.2, 0.25) is 0 Å². The number of rotatable bonds is 6. The third kappa shape index (κ3) is 7.85. The lowest BCUT2D eigenvalue weighted by molar-refractivity contribution is -0.121. The third-order valence-corrected chi connectivity index (χ3v) is 2.68. The Morgan fingerprint density at radius 1 is 1.12 bits per heavy atom. The van der Waals surface area contributed by atoms with Crippen LogP contribution < -0.4 is 9.44 Å². The van der Waals surface area contributed by atoms with E-state index in [9.17, 15) is 21.6 Å². The van der Waals surface area contributed by atoms with Gasteiger partial charge in [0.25, 0.3) is 10.2 Å². The van der Waals surface area contributed by atoms with Crippen LogP contribution in [-0.2, 0) is 10.2 Å². The zero-order chi connectivity index (χ0) is 13.0. The zero-order valence-electron chi connectivity index (χ0n) is 8.93. The molecule has 0 saturated carbocycles. The van der Waals surface area contributed by atoms with Gasteiger partial charge in [-0.1, -0.05) is 13.8 Å². The number of alkyl halides is 3. The monoisotopic (exact) mass is 264 g/mol.